The van der Waals surface area contributed by atoms with Crippen LogP contribution in [0.2, 0.25) is 5.02 Å². The maximum atomic E-state index is 12.9. The molecule has 5 nitrogen and oxygen atoms in total. The van der Waals surface area contributed by atoms with Gasteiger partial charge in [-0.05, 0) is 91.6 Å². The number of carbonyl (C=O) groups excluding carboxylic acids is 1. The van der Waals surface area contributed by atoms with Gasteiger partial charge in [0, 0.05) is 23.3 Å². The zero-order chi connectivity index (χ0) is 26.2. The summed E-state index contributed by atoms with van der Waals surface area (Å²) in [5, 5.41) is 12.9. The molecule has 1 aliphatic carbocycles. The molecule has 0 aromatic heterocycles. The molecule has 0 aliphatic heterocycles. The van der Waals surface area contributed by atoms with Crippen molar-refractivity contribution >= 4 is 29.2 Å². The third-order valence-electron chi connectivity index (χ3n) is 7.28. The second kappa shape index (κ2) is 9.98. The van der Waals surface area contributed by atoms with E-state index < -0.39 is 11.5 Å². The molecule has 3 aromatic carbocycles. The molecule has 0 spiro atoms. The van der Waals surface area contributed by atoms with Crippen LogP contribution in [-0.4, -0.2) is 29.6 Å². The summed E-state index contributed by atoms with van der Waals surface area (Å²) in [7, 11) is 2.11. The molecule has 3 aromatic rings. The fraction of sp³-hybridized carbons (Fsp3) is 0.333. The topological polar surface area (TPSA) is 69.6 Å². The largest absolute Gasteiger partial charge is 0.480 e. The Kier molecular flexibility index (Phi) is 7.14. The Labute approximate surface area is 218 Å². The van der Waals surface area contributed by atoms with E-state index in [0.29, 0.717) is 18.4 Å². The van der Waals surface area contributed by atoms with Crippen molar-refractivity contribution in [2.24, 2.45) is 0 Å². The molecule has 1 aliphatic rings. The van der Waals surface area contributed by atoms with Crippen LogP contribution < -0.4 is 10.2 Å². The smallest absolute Gasteiger partial charge is 0.329 e. The third-order valence-corrected chi connectivity index (χ3v) is 7.70. The van der Waals surface area contributed by atoms with Gasteiger partial charge in [0.1, 0.15) is 5.54 Å². The van der Waals surface area contributed by atoms with E-state index >= 15 is 0 Å². The maximum Gasteiger partial charge on any atom is 0.329 e. The number of carbonyl (C=O) groups is 2. The van der Waals surface area contributed by atoms with Gasteiger partial charge in [0.2, 0.25) is 0 Å². The highest BCUT2D eigenvalue weighted by Gasteiger charge is 2.51. The molecular weight excluding hydrogens is 472 g/mol. The van der Waals surface area contributed by atoms with Crippen LogP contribution in [0.15, 0.2) is 54.6 Å². The van der Waals surface area contributed by atoms with Crippen molar-refractivity contribution in [3.63, 3.8) is 0 Å². The quantitative estimate of drug-likeness (QED) is 0.351. The number of rotatable bonds is 8. The molecular formula is C30H33ClN2O3. The second-order valence-electron chi connectivity index (χ2n) is 9.92. The van der Waals surface area contributed by atoms with E-state index in [1.54, 1.807) is 0 Å². The number of hydrogen-bond donors (Lipinski definition) is 2. The maximum absolute atomic E-state index is 12.9. The lowest BCUT2D eigenvalue weighted by Crippen LogP contribution is -2.43. The van der Waals surface area contributed by atoms with Crippen LogP contribution in [0.25, 0.3) is 11.1 Å². The van der Waals surface area contributed by atoms with Crippen molar-refractivity contribution in [1.29, 1.82) is 0 Å². The van der Waals surface area contributed by atoms with Crippen LogP contribution >= 0.6 is 11.6 Å². The summed E-state index contributed by atoms with van der Waals surface area (Å²) >= 11 is 6.25. The number of anilines is 1. The molecule has 1 fully saturated rings. The zero-order valence-electron chi connectivity index (χ0n) is 21.5. The lowest BCUT2D eigenvalue weighted by Gasteiger charge is -2.30. The summed E-state index contributed by atoms with van der Waals surface area (Å²) in [5.74, 6) is -1.29. The monoisotopic (exact) mass is 504 g/mol. The van der Waals surface area contributed by atoms with Crippen LogP contribution in [-0.2, 0) is 4.79 Å². The van der Waals surface area contributed by atoms with Gasteiger partial charge in [-0.15, -0.1) is 0 Å². The number of hydrogen-bond acceptors (Lipinski definition) is 3. The first kappa shape index (κ1) is 25.8. The highest BCUT2D eigenvalue weighted by molar-refractivity contribution is 6.31. The van der Waals surface area contributed by atoms with Crippen LogP contribution in [0.3, 0.4) is 0 Å². The molecule has 1 amide bonds. The lowest BCUT2D eigenvalue weighted by molar-refractivity contribution is -0.140. The first-order valence-electron chi connectivity index (χ1n) is 12.3. The normalized spacial score (nSPS) is 14.7. The Morgan fingerprint density at radius 1 is 1.00 bits per heavy atom. The molecule has 4 rings (SSSR count). The summed E-state index contributed by atoms with van der Waals surface area (Å²) in [6, 6.07) is 18.8. The SMILES string of the molecule is CCC(c1ccc(Cl)c(C)c1)N(C)c1cccc(-c2cc(C)c(C(=O)NC3(C(=O)O)CC3)c(C)c2)c1. The van der Waals surface area contributed by atoms with Gasteiger partial charge in [0.25, 0.3) is 5.91 Å². The first-order chi connectivity index (χ1) is 17.1. The predicted molar refractivity (Wildman–Crippen MR) is 146 cm³/mol. The van der Waals surface area contributed by atoms with Crippen molar-refractivity contribution in [2.75, 3.05) is 11.9 Å². The minimum Gasteiger partial charge on any atom is -0.480 e. The van der Waals surface area contributed by atoms with Gasteiger partial charge in [-0.25, -0.2) is 4.79 Å². The van der Waals surface area contributed by atoms with Crippen LogP contribution in [0.4, 0.5) is 5.69 Å². The van der Waals surface area contributed by atoms with Crippen LogP contribution in [0.1, 0.15) is 64.8 Å². The Hall–Kier alpha value is -3.31. The average molecular weight is 505 g/mol. The van der Waals surface area contributed by atoms with Crippen LogP contribution in [0, 0.1) is 20.8 Å². The van der Waals surface area contributed by atoms with Crippen molar-refractivity contribution in [1.82, 2.24) is 5.32 Å². The highest BCUT2D eigenvalue weighted by atomic mass is 35.5. The molecule has 1 saturated carbocycles. The molecule has 1 unspecified atom stereocenters. The third kappa shape index (κ3) is 4.98. The Morgan fingerprint density at radius 2 is 1.67 bits per heavy atom. The molecule has 188 valence electrons. The highest BCUT2D eigenvalue weighted by Crippen LogP contribution is 2.37. The minimum atomic E-state index is -1.11. The fourth-order valence-corrected chi connectivity index (χ4v) is 5.10. The predicted octanol–water partition coefficient (Wildman–Crippen LogP) is 6.87. The first-order valence-corrected chi connectivity index (χ1v) is 12.7. The number of carboxylic acid groups (broad SMARTS) is 1. The Bertz CT molecular complexity index is 1310. The standard InChI is InChI=1S/C30H33ClN2O3/c1-6-26(22-10-11-25(31)18(2)14-22)33(5)24-9-7-8-21(17-24)23-15-19(3)27(20(4)16-23)28(34)32-30(12-13-30)29(35)36/h7-11,14-17,26H,6,12-13H2,1-5H3,(H,32,34)(H,35,36). The number of halogens is 1. The van der Waals surface area contributed by atoms with Gasteiger partial charge < -0.3 is 15.3 Å². The van der Waals surface area contributed by atoms with E-state index in [4.69, 9.17) is 11.6 Å². The lowest BCUT2D eigenvalue weighted by atomic mass is 9.94. The van der Waals surface area contributed by atoms with Gasteiger partial charge in [0.05, 0.1) is 6.04 Å². The number of benzene rings is 3. The summed E-state index contributed by atoms with van der Waals surface area (Å²) in [5.41, 5.74) is 6.56. The molecule has 2 N–H and O–H groups in total. The Morgan fingerprint density at radius 3 is 2.22 bits per heavy atom. The van der Waals surface area contributed by atoms with E-state index in [9.17, 15) is 14.7 Å². The van der Waals surface area contributed by atoms with E-state index in [2.05, 4.69) is 60.6 Å². The summed E-state index contributed by atoms with van der Waals surface area (Å²) in [4.78, 5) is 26.7. The number of amides is 1. The second-order valence-corrected chi connectivity index (χ2v) is 10.3. The summed E-state index contributed by atoms with van der Waals surface area (Å²) < 4.78 is 0. The van der Waals surface area contributed by atoms with Gasteiger partial charge in [0.15, 0.2) is 0 Å². The van der Waals surface area contributed by atoms with Crippen molar-refractivity contribution in [3.05, 3.63) is 87.4 Å². The van der Waals surface area contributed by atoms with E-state index in [0.717, 1.165) is 44.9 Å². The summed E-state index contributed by atoms with van der Waals surface area (Å²) in [6.07, 6.45) is 1.89. The van der Waals surface area contributed by atoms with Gasteiger partial charge in [-0.3, -0.25) is 4.79 Å². The zero-order valence-corrected chi connectivity index (χ0v) is 22.2. The average Bonchev–Trinajstić information content (AvgIpc) is 3.62. The number of nitrogens with zero attached hydrogens (tertiary/aromatic N) is 1. The van der Waals surface area contributed by atoms with Gasteiger partial charge >= 0.3 is 5.97 Å². The number of aryl methyl sites for hydroxylation is 3. The molecule has 36 heavy (non-hydrogen) atoms. The minimum absolute atomic E-state index is 0.203. The van der Waals surface area contributed by atoms with E-state index in [1.807, 2.05) is 39.0 Å². The number of aliphatic carboxylic acids is 1. The molecule has 0 bridgehead atoms. The summed E-state index contributed by atoms with van der Waals surface area (Å²) in [6.45, 7) is 8.01. The van der Waals surface area contributed by atoms with Crippen molar-refractivity contribution < 1.29 is 14.7 Å². The van der Waals surface area contributed by atoms with E-state index in [-0.39, 0.29) is 11.9 Å². The molecule has 1 atom stereocenters. The molecule has 0 saturated heterocycles. The molecule has 0 radical (unpaired) electrons. The fourth-order valence-electron chi connectivity index (χ4n) is 4.98. The van der Waals surface area contributed by atoms with Crippen LogP contribution in [0.5, 0.6) is 0 Å². The molecule has 6 heteroatoms. The van der Waals surface area contributed by atoms with Gasteiger partial charge in [-0.1, -0.05) is 54.9 Å². The van der Waals surface area contributed by atoms with E-state index in [1.165, 1.54) is 5.56 Å². The Balaban J connectivity index is 1.61. The van der Waals surface area contributed by atoms with Gasteiger partial charge in [-0.2, -0.15) is 0 Å². The molecule has 0 heterocycles. The number of nitrogens with one attached hydrogen (secondary N) is 1. The number of carboxylic acids is 1. The van der Waals surface area contributed by atoms with Crippen molar-refractivity contribution in [2.45, 2.75) is 58.5 Å². The van der Waals surface area contributed by atoms with Crippen molar-refractivity contribution in [3.8, 4) is 11.1 Å².